The molecule has 0 aromatic heterocycles. The Balaban J connectivity index is 3.42. The molecule has 0 aliphatic rings. The third kappa shape index (κ3) is 7.05. The summed E-state index contributed by atoms with van der Waals surface area (Å²) >= 11 is 0. The highest BCUT2D eigenvalue weighted by atomic mass is 16.6. The first-order valence-corrected chi connectivity index (χ1v) is 3.40. The molecule has 0 heterocycles. The lowest BCUT2D eigenvalue weighted by Gasteiger charge is -2.00. The summed E-state index contributed by atoms with van der Waals surface area (Å²) in [5, 5.41) is 2.86. The maximum Gasteiger partial charge on any atom is 0.111 e. The Hall–Kier alpha value is -0.840. The van der Waals surface area contributed by atoms with Crippen LogP contribution in [0.3, 0.4) is 0 Å². The average Bonchev–Trinajstić information content (AvgIpc) is 2.04. The smallest absolute Gasteiger partial charge is 0.111 e. The Bertz CT molecular complexity index is 134. The lowest BCUT2D eigenvalue weighted by molar-refractivity contribution is 0.158. The fourth-order valence-electron chi connectivity index (χ4n) is 0.433. The van der Waals surface area contributed by atoms with Crippen molar-refractivity contribution in [2.75, 3.05) is 14.1 Å². The highest BCUT2D eigenvalue weighted by Crippen LogP contribution is 1.79. The Labute approximate surface area is 67.1 Å². The van der Waals surface area contributed by atoms with Crippen molar-refractivity contribution in [2.45, 2.75) is 6.17 Å². The largest absolute Gasteiger partial charge is 0.417 e. The molecule has 4 heteroatoms. The molecule has 0 rings (SSSR count). The molecule has 0 amide bonds. The lowest BCUT2D eigenvalue weighted by Crippen LogP contribution is -2.31. The lowest BCUT2D eigenvalue weighted by atomic mass is 10.4. The van der Waals surface area contributed by atoms with Gasteiger partial charge in [-0.15, -0.1) is 0 Å². The monoisotopic (exact) mass is 157 g/mol. The van der Waals surface area contributed by atoms with Gasteiger partial charge in [0.05, 0.1) is 6.17 Å². The molecule has 1 unspecified atom stereocenters. The summed E-state index contributed by atoms with van der Waals surface area (Å²) in [7, 11) is 3.48. The molecule has 4 nitrogen and oxygen atoms in total. The van der Waals surface area contributed by atoms with Gasteiger partial charge in [0.1, 0.15) is 6.26 Å². The first-order chi connectivity index (χ1) is 5.31. The quantitative estimate of drug-likeness (QED) is 0.222. The number of hydrogen-bond acceptors (Lipinski definition) is 4. The van der Waals surface area contributed by atoms with Crippen LogP contribution in [0.5, 0.6) is 0 Å². The van der Waals surface area contributed by atoms with Crippen molar-refractivity contribution in [2.24, 2.45) is 5.73 Å². The summed E-state index contributed by atoms with van der Waals surface area (Å²) in [6.07, 6.45) is 6.79. The molecule has 0 saturated carbocycles. The van der Waals surface area contributed by atoms with Gasteiger partial charge in [0.25, 0.3) is 0 Å². The number of hydroxylamine groups is 1. The summed E-state index contributed by atoms with van der Waals surface area (Å²) in [4.78, 5) is 4.71. The molecule has 0 aromatic carbocycles. The molecule has 11 heavy (non-hydrogen) atoms. The van der Waals surface area contributed by atoms with E-state index in [4.69, 9.17) is 10.6 Å². The molecule has 1 atom stereocenters. The van der Waals surface area contributed by atoms with Crippen molar-refractivity contribution < 1.29 is 4.84 Å². The zero-order chi connectivity index (χ0) is 8.53. The van der Waals surface area contributed by atoms with Gasteiger partial charge in [0, 0.05) is 7.05 Å². The molecular formula is C7H15N3O. The second-order valence-electron chi connectivity index (χ2n) is 1.85. The molecule has 0 aliphatic heterocycles. The van der Waals surface area contributed by atoms with E-state index >= 15 is 0 Å². The maximum atomic E-state index is 5.50. The van der Waals surface area contributed by atoms with Gasteiger partial charge in [-0.2, -0.15) is 5.48 Å². The van der Waals surface area contributed by atoms with Gasteiger partial charge in [0.15, 0.2) is 0 Å². The van der Waals surface area contributed by atoms with E-state index in [0.29, 0.717) is 0 Å². The summed E-state index contributed by atoms with van der Waals surface area (Å²) in [5.74, 6) is 0. The third-order valence-electron chi connectivity index (χ3n) is 1.03. The Morgan fingerprint density at radius 2 is 2.09 bits per heavy atom. The highest BCUT2D eigenvalue weighted by molar-refractivity contribution is 5.02. The number of hydrogen-bond donors (Lipinski definition) is 3. The van der Waals surface area contributed by atoms with Crippen LogP contribution in [0, 0.1) is 0 Å². The van der Waals surface area contributed by atoms with Crippen molar-refractivity contribution in [1.29, 1.82) is 0 Å². The van der Waals surface area contributed by atoms with Crippen LogP contribution in [-0.4, -0.2) is 20.3 Å². The van der Waals surface area contributed by atoms with Crippen molar-refractivity contribution in [1.82, 2.24) is 10.8 Å². The first-order valence-electron chi connectivity index (χ1n) is 3.40. The van der Waals surface area contributed by atoms with Gasteiger partial charge in [-0.3, -0.25) is 0 Å². The fraction of sp³-hybridized carbons (Fsp3) is 0.429. The van der Waals surface area contributed by atoms with E-state index in [1.165, 1.54) is 6.26 Å². The van der Waals surface area contributed by atoms with Crippen LogP contribution in [0.25, 0.3) is 0 Å². The number of rotatable bonds is 5. The van der Waals surface area contributed by atoms with Crippen LogP contribution < -0.4 is 16.5 Å². The molecule has 0 fully saturated rings. The standard InChI is InChI=1S/C7H15N3O/c1-9-7(8)5-3-4-6-11-10-2/h3-7,9-10H,8H2,1-2H3/b5-3+,6-4+. The average molecular weight is 157 g/mol. The number of nitrogens with two attached hydrogens (primary N) is 1. The van der Waals surface area contributed by atoms with Crippen molar-refractivity contribution in [3.8, 4) is 0 Å². The highest BCUT2D eigenvalue weighted by Gasteiger charge is 1.84. The summed E-state index contributed by atoms with van der Waals surface area (Å²) in [6.45, 7) is 0. The molecule has 0 bridgehead atoms. The summed E-state index contributed by atoms with van der Waals surface area (Å²) < 4.78 is 0. The van der Waals surface area contributed by atoms with Crippen LogP contribution >= 0.6 is 0 Å². The van der Waals surface area contributed by atoms with E-state index in [9.17, 15) is 0 Å². The normalized spacial score (nSPS) is 14.5. The zero-order valence-electron chi connectivity index (χ0n) is 6.87. The van der Waals surface area contributed by atoms with Crippen molar-refractivity contribution in [3.05, 3.63) is 24.5 Å². The molecule has 0 aliphatic carbocycles. The molecule has 0 spiro atoms. The first kappa shape index (κ1) is 10.2. The SMILES string of the molecule is CNO/C=C/C=C/C(N)NC. The van der Waals surface area contributed by atoms with E-state index in [1.54, 1.807) is 26.2 Å². The van der Waals surface area contributed by atoms with Crippen LogP contribution in [0.2, 0.25) is 0 Å². The van der Waals surface area contributed by atoms with Crippen LogP contribution in [0.1, 0.15) is 0 Å². The minimum Gasteiger partial charge on any atom is -0.417 e. The molecule has 0 radical (unpaired) electrons. The van der Waals surface area contributed by atoms with Crippen molar-refractivity contribution >= 4 is 0 Å². The second-order valence-corrected chi connectivity index (χ2v) is 1.85. The van der Waals surface area contributed by atoms with E-state index < -0.39 is 0 Å². The molecule has 0 saturated heterocycles. The Morgan fingerprint density at radius 3 is 2.64 bits per heavy atom. The van der Waals surface area contributed by atoms with Crippen LogP contribution in [-0.2, 0) is 4.84 Å². The fourth-order valence-corrected chi connectivity index (χ4v) is 0.433. The molecule has 64 valence electrons. The number of nitrogens with one attached hydrogen (secondary N) is 2. The number of allylic oxidation sites excluding steroid dienone is 2. The predicted octanol–water partition coefficient (Wildman–Crippen LogP) is -0.288. The van der Waals surface area contributed by atoms with Crippen LogP contribution in [0.4, 0.5) is 0 Å². The minimum absolute atomic E-state index is 0.103. The second kappa shape index (κ2) is 7.27. The zero-order valence-corrected chi connectivity index (χ0v) is 6.87. The molecule has 4 N–H and O–H groups in total. The summed E-state index contributed by atoms with van der Waals surface area (Å²) in [5.41, 5.74) is 8.00. The van der Waals surface area contributed by atoms with Crippen molar-refractivity contribution in [3.63, 3.8) is 0 Å². The Morgan fingerprint density at radius 1 is 1.36 bits per heavy atom. The topological polar surface area (TPSA) is 59.3 Å². The maximum absolute atomic E-state index is 5.50. The van der Waals surface area contributed by atoms with E-state index in [2.05, 4.69) is 10.8 Å². The van der Waals surface area contributed by atoms with Gasteiger partial charge >= 0.3 is 0 Å². The van der Waals surface area contributed by atoms with E-state index in [1.807, 2.05) is 6.08 Å². The van der Waals surface area contributed by atoms with Gasteiger partial charge in [-0.1, -0.05) is 12.2 Å². The predicted molar refractivity (Wildman–Crippen MR) is 45.5 cm³/mol. The van der Waals surface area contributed by atoms with Crippen LogP contribution in [0.15, 0.2) is 24.5 Å². The van der Waals surface area contributed by atoms with E-state index in [0.717, 1.165) is 0 Å². The van der Waals surface area contributed by atoms with Gasteiger partial charge in [-0.05, 0) is 13.1 Å². The molecular weight excluding hydrogens is 142 g/mol. The Kier molecular flexibility index (Phi) is 6.71. The van der Waals surface area contributed by atoms with Gasteiger partial charge < -0.3 is 15.9 Å². The minimum atomic E-state index is -0.103. The van der Waals surface area contributed by atoms with Gasteiger partial charge in [0.2, 0.25) is 0 Å². The number of likely N-dealkylation sites (N-methyl/N-ethyl adjacent to an activating group) is 1. The molecule has 0 aromatic rings. The van der Waals surface area contributed by atoms with E-state index in [-0.39, 0.29) is 6.17 Å². The third-order valence-corrected chi connectivity index (χ3v) is 1.03. The summed E-state index contributed by atoms with van der Waals surface area (Å²) in [6, 6.07) is 0. The van der Waals surface area contributed by atoms with Gasteiger partial charge in [-0.25, -0.2) is 0 Å².